The largest absolute Gasteiger partial charge is 0.393 e. The molecule has 28 heavy (non-hydrogen) atoms. The van der Waals surface area contributed by atoms with E-state index >= 15 is 0 Å². The predicted molar refractivity (Wildman–Crippen MR) is 116 cm³/mol. The fourth-order valence-corrected chi connectivity index (χ4v) is 3.35. The summed E-state index contributed by atoms with van der Waals surface area (Å²) in [6, 6.07) is 0. The SMILES string of the molecule is CCCCCCCCCCCCCCCCCCNC(=O)C(O)C(C)(O)CO. The van der Waals surface area contributed by atoms with E-state index in [9.17, 15) is 15.0 Å². The summed E-state index contributed by atoms with van der Waals surface area (Å²) in [7, 11) is 0. The van der Waals surface area contributed by atoms with Crippen molar-refractivity contribution in [2.45, 2.75) is 128 Å². The van der Waals surface area contributed by atoms with Crippen LogP contribution >= 0.6 is 0 Å². The lowest BCUT2D eigenvalue weighted by Crippen LogP contribution is -2.51. The van der Waals surface area contributed by atoms with Gasteiger partial charge in [-0.2, -0.15) is 0 Å². The van der Waals surface area contributed by atoms with Crippen molar-refractivity contribution in [2.24, 2.45) is 0 Å². The highest BCUT2D eigenvalue weighted by atomic mass is 16.4. The summed E-state index contributed by atoms with van der Waals surface area (Å²) in [5.74, 6) is -0.625. The van der Waals surface area contributed by atoms with E-state index < -0.39 is 24.2 Å². The summed E-state index contributed by atoms with van der Waals surface area (Å²) in [4.78, 5) is 11.7. The molecule has 2 unspecified atom stereocenters. The van der Waals surface area contributed by atoms with Crippen molar-refractivity contribution in [3.8, 4) is 0 Å². The molecule has 0 saturated carbocycles. The van der Waals surface area contributed by atoms with Gasteiger partial charge in [0, 0.05) is 6.54 Å². The number of nitrogens with one attached hydrogen (secondary N) is 1. The molecule has 0 aromatic rings. The minimum Gasteiger partial charge on any atom is -0.393 e. The van der Waals surface area contributed by atoms with Crippen LogP contribution in [-0.4, -0.2) is 46.1 Å². The van der Waals surface area contributed by atoms with Crippen LogP contribution in [0.3, 0.4) is 0 Å². The van der Waals surface area contributed by atoms with Gasteiger partial charge in [-0.25, -0.2) is 0 Å². The number of unbranched alkanes of at least 4 members (excludes halogenated alkanes) is 15. The maximum absolute atomic E-state index is 11.7. The molecule has 0 heterocycles. The normalized spacial score (nSPS) is 14.6. The van der Waals surface area contributed by atoms with Gasteiger partial charge >= 0.3 is 0 Å². The van der Waals surface area contributed by atoms with Crippen LogP contribution in [0.4, 0.5) is 0 Å². The number of aliphatic hydroxyl groups excluding tert-OH is 2. The van der Waals surface area contributed by atoms with Crippen molar-refractivity contribution < 1.29 is 20.1 Å². The minimum atomic E-state index is -1.79. The summed E-state index contributed by atoms with van der Waals surface area (Å²) in [6.07, 6.45) is 19.3. The third kappa shape index (κ3) is 15.3. The molecule has 168 valence electrons. The van der Waals surface area contributed by atoms with Crippen LogP contribution in [-0.2, 0) is 4.79 Å². The van der Waals surface area contributed by atoms with E-state index in [0.29, 0.717) is 6.54 Å². The Morgan fingerprint density at radius 2 is 1.14 bits per heavy atom. The smallest absolute Gasteiger partial charge is 0.251 e. The van der Waals surface area contributed by atoms with Crippen molar-refractivity contribution in [3.63, 3.8) is 0 Å². The Kier molecular flexibility index (Phi) is 18.0. The minimum absolute atomic E-state index is 0.496. The van der Waals surface area contributed by atoms with Crippen LogP contribution in [0.2, 0.25) is 0 Å². The van der Waals surface area contributed by atoms with Gasteiger partial charge in [-0.3, -0.25) is 4.79 Å². The van der Waals surface area contributed by atoms with E-state index in [1.54, 1.807) is 0 Å². The highest BCUT2D eigenvalue weighted by Crippen LogP contribution is 2.14. The van der Waals surface area contributed by atoms with E-state index in [1.807, 2.05) is 0 Å². The lowest BCUT2D eigenvalue weighted by Gasteiger charge is -2.25. The monoisotopic (exact) mass is 401 g/mol. The molecule has 0 fully saturated rings. The van der Waals surface area contributed by atoms with Crippen molar-refractivity contribution in [1.29, 1.82) is 0 Å². The summed E-state index contributed by atoms with van der Waals surface area (Å²) in [5.41, 5.74) is -1.79. The molecule has 4 N–H and O–H groups in total. The standard InChI is InChI=1S/C23H47NO4/c1-3-4-5-6-7-8-9-10-11-12-13-14-15-16-17-18-19-24-22(27)21(26)23(2,28)20-25/h21,25-26,28H,3-20H2,1-2H3,(H,24,27). The van der Waals surface area contributed by atoms with Gasteiger partial charge in [0.1, 0.15) is 5.60 Å². The number of carbonyl (C=O) groups is 1. The third-order valence-corrected chi connectivity index (χ3v) is 5.49. The lowest BCUT2D eigenvalue weighted by atomic mass is 10.00. The zero-order valence-electron chi connectivity index (χ0n) is 18.6. The van der Waals surface area contributed by atoms with Crippen molar-refractivity contribution in [3.05, 3.63) is 0 Å². The number of carbonyl (C=O) groups excluding carboxylic acids is 1. The van der Waals surface area contributed by atoms with E-state index in [1.165, 1.54) is 96.8 Å². The number of aliphatic hydroxyl groups is 3. The Morgan fingerprint density at radius 1 is 0.786 bits per heavy atom. The Balaban J connectivity index is 3.29. The van der Waals surface area contributed by atoms with Crippen LogP contribution in [0, 0.1) is 0 Å². The van der Waals surface area contributed by atoms with E-state index in [2.05, 4.69) is 12.2 Å². The highest BCUT2D eigenvalue weighted by molar-refractivity contribution is 5.81. The number of amides is 1. The molecule has 0 aliphatic carbocycles. The fraction of sp³-hybridized carbons (Fsp3) is 0.957. The molecule has 0 aliphatic heterocycles. The molecule has 0 radical (unpaired) electrons. The Bertz CT molecular complexity index is 361. The molecule has 5 nitrogen and oxygen atoms in total. The summed E-state index contributed by atoms with van der Waals surface area (Å²) >= 11 is 0. The molecule has 0 aromatic heterocycles. The molecule has 0 aliphatic rings. The fourth-order valence-electron chi connectivity index (χ4n) is 3.35. The van der Waals surface area contributed by atoms with Gasteiger partial charge in [0.2, 0.25) is 0 Å². The molecule has 0 saturated heterocycles. The molecule has 0 rings (SSSR count). The average Bonchev–Trinajstić information content (AvgIpc) is 2.69. The van der Waals surface area contributed by atoms with Crippen LogP contribution in [0.15, 0.2) is 0 Å². The van der Waals surface area contributed by atoms with Gasteiger partial charge in [0.05, 0.1) is 6.61 Å². The van der Waals surface area contributed by atoms with Crippen molar-refractivity contribution in [2.75, 3.05) is 13.2 Å². The maximum atomic E-state index is 11.7. The molecule has 0 aromatic carbocycles. The first-order valence-corrected chi connectivity index (χ1v) is 11.7. The third-order valence-electron chi connectivity index (χ3n) is 5.49. The molecule has 5 heteroatoms. The molecule has 0 spiro atoms. The first-order valence-electron chi connectivity index (χ1n) is 11.7. The van der Waals surface area contributed by atoms with E-state index in [-0.39, 0.29) is 0 Å². The number of hydrogen-bond acceptors (Lipinski definition) is 4. The predicted octanol–water partition coefficient (Wildman–Crippen LogP) is 4.47. The Morgan fingerprint density at radius 3 is 1.50 bits per heavy atom. The van der Waals surface area contributed by atoms with Gasteiger partial charge in [-0.1, -0.05) is 103 Å². The van der Waals surface area contributed by atoms with Gasteiger partial charge in [0.15, 0.2) is 6.10 Å². The molecule has 2 atom stereocenters. The van der Waals surface area contributed by atoms with Crippen LogP contribution in [0.25, 0.3) is 0 Å². The van der Waals surface area contributed by atoms with Crippen LogP contribution in [0.5, 0.6) is 0 Å². The van der Waals surface area contributed by atoms with Gasteiger partial charge in [-0.05, 0) is 13.3 Å². The van der Waals surface area contributed by atoms with Crippen molar-refractivity contribution >= 4 is 5.91 Å². The Labute approximate surface area is 173 Å². The first kappa shape index (κ1) is 27.4. The number of hydrogen-bond donors (Lipinski definition) is 4. The average molecular weight is 402 g/mol. The lowest BCUT2D eigenvalue weighted by molar-refractivity contribution is -0.148. The maximum Gasteiger partial charge on any atom is 0.251 e. The van der Waals surface area contributed by atoms with Crippen LogP contribution < -0.4 is 5.32 Å². The zero-order chi connectivity index (χ0) is 21.1. The topological polar surface area (TPSA) is 89.8 Å². The second-order valence-corrected chi connectivity index (χ2v) is 8.51. The molecule has 0 bridgehead atoms. The highest BCUT2D eigenvalue weighted by Gasteiger charge is 2.34. The van der Waals surface area contributed by atoms with Crippen molar-refractivity contribution in [1.82, 2.24) is 5.32 Å². The molecular formula is C23H47NO4. The van der Waals surface area contributed by atoms with E-state index in [4.69, 9.17) is 5.11 Å². The van der Waals surface area contributed by atoms with E-state index in [0.717, 1.165) is 12.8 Å². The second-order valence-electron chi connectivity index (χ2n) is 8.51. The zero-order valence-corrected chi connectivity index (χ0v) is 18.6. The summed E-state index contributed by atoms with van der Waals surface area (Å²) < 4.78 is 0. The first-order chi connectivity index (χ1) is 13.5. The second kappa shape index (κ2) is 18.4. The quantitative estimate of drug-likeness (QED) is 0.227. The summed E-state index contributed by atoms with van der Waals surface area (Å²) in [5, 5.41) is 30.9. The number of rotatable bonds is 20. The molecular weight excluding hydrogens is 354 g/mol. The van der Waals surface area contributed by atoms with Gasteiger partial charge in [-0.15, -0.1) is 0 Å². The molecule has 1 amide bonds. The van der Waals surface area contributed by atoms with Gasteiger partial charge in [0.25, 0.3) is 5.91 Å². The summed E-state index contributed by atoms with van der Waals surface area (Å²) in [6.45, 7) is 3.35. The Hall–Kier alpha value is -0.650. The van der Waals surface area contributed by atoms with Crippen LogP contribution in [0.1, 0.15) is 117 Å². The van der Waals surface area contributed by atoms with Gasteiger partial charge < -0.3 is 20.6 Å².